The van der Waals surface area contributed by atoms with E-state index in [0.29, 0.717) is 13.1 Å². The van der Waals surface area contributed by atoms with Crippen molar-refractivity contribution >= 4 is 15.9 Å². The van der Waals surface area contributed by atoms with E-state index in [1.54, 1.807) is 10.9 Å². The molecule has 0 unspecified atom stereocenters. The van der Waals surface area contributed by atoms with Crippen LogP contribution in [0.5, 0.6) is 0 Å². The van der Waals surface area contributed by atoms with Gasteiger partial charge in [0.15, 0.2) is 0 Å². The number of nitrogens with zero attached hydrogens (tertiary/aromatic N) is 1. The minimum absolute atomic E-state index is 0.0476. The lowest BCUT2D eigenvalue weighted by Crippen LogP contribution is -2.20. The van der Waals surface area contributed by atoms with Crippen molar-refractivity contribution in [2.75, 3.05) is 6.54 Å². The summed E-state index contributed by atoms with van der Waals surface area (Å²) >= 11 is 3.39. The topological polar surface area (TPSA) is 63.8 Å². The Morgan fingerprint density at radius 3 is 2.67 bits per heavy atom. The van der Waals surface area contributed by atoms with E-state index in [2.05, 4.69) is 21.0 Å². The standard InChI is InChI=1S/C13H16BrN3O/c14-12-5-3-10(4-6-12)9-17-13(18)11(8-16-17)2-1-7-15/h3-6,8,16H,1-2,7,9,15H2. The molecule has 2 rings (SSSR count). The van der Waals surface area contributed by atoms with Gasteiger partial charge in [0, 0.05) is 16.2 Å². The molecule has 1 aromatic heterocycles. The van der Waals surface area contributed by atoms with Gasteiger partial charge < -0.3 is 10.8 Å². The van der Waals surface area contributed by atoms with E-state index in [4.69, 9.17) is 5.73 Å². The van der Waals surface area contributed by atoms with Crippen LogP contribution in [-0.4, -0.2) is 16.3 Å². The molecule has 5 heteroatoms. The van der Waals surface area contributed by atoms with Gasteiger partial charge in [0.1, 0.15) is 0 Å². The number of rotatable bonds is 5. The van der Waals surface area contributed by atoms with Gasteiger partial charge in [-0.1, -0.05) is 28.1 Å². The highest BCUT2D eigenvalue weighted by atomic mass is 79.9. The van der Waals surface area contributed by atoms with Gasteiger partial charge in [0.05, 0.1) is 6.54 Å². The summed E-state index contributed by atoms with van der Waals surface area (Å²) in [7, 11) is 0. The molecular weight excluding hydrogens is 294 g/mol. The van der Waals surface area contributed by atoms with Gasteiger partial charge >= 0.3 is 0 Å². The smallest absolute Gasteiger partial charge is 0.269 e. The van der Waals surface area contributed by atoms with E-state index < -0.39 is 0 Å². The number of hydrogen-bond donors (Lipinski definition) is 2. The Morgan fingerprint density at radius 1 is 1.28 bits per heavy atom. The number of aryl methyl sites for hydroxylation is 1. The second kappa shape index (κ2) is 6.02. The van der Waals surface area contributed by atoms with Crippen LogP contribution in [0.15, 0.2) is 39.7 Å². The molecule has 3 N–H and O–H groups in total. The molecule has 1 aromatic carbocycles. The van der Waals surface area contributed by atoms with Crippen LogP contribution in [0.2, 0.25) is 0 Å². The van der Waals surface area contributed by atoms with E-state index in [0.717, 1.165) is 28.4 Å². The van der Waals surface area contributed by atoms with Crippen LogP contribution in [0.1, 0.15) is 17.5 Å². The Balaban J connectivity index is 2.12. The number of hydrogen-bond acceptors (Lipinski definition) is 2. The summed E-state index contributed by atoms with van der Waals surface area (Å²) in [5, 5.41) is 3.00. The maximum atomic E-state index is 12.0. The SMILES string of the molecule is NCCCc1c[nH]n(Cc2ccc(Br)cc2)c1=O. The number of aromatic amines is 1. The largest absolute Gasteiger partial charge is 0.330 e. The lowest BCUT2D eigenvalue weighted by atomic mass is 10.2. The number of benzene rings is 1. The van der Waals surface area contributed by atoms with Crippen molar-refractivity contribution in [2.24, 2.45) is 5.73 Å². The van der Waals surface area contributed by atoms with Crippen molar-refractivity contribution < 1.29 is 0 Å². The van der Waals surface area contributed by atoms with Gasteiger partial charge in [-0.25, -0.2) is 4.68 Å². The molecule has 0 spiro atoms. The van der Waals surface area contributed by atoms with Crippen LogP contribution >= 0.6 is 15.9 Å². The fourth-order valence-corrected chi connectivity index (χ4v) is 2.08. The van der Waals surface area contributed by atoms with Crippen molar-refractivity contribution in [3.8, 4) is 0 Å². The van der Waals surface area contributed by atoms with Crippen LogP contribution in [-0.2, 0) is 13.0 Å². The van der Waals surface area contributed by atoms with E-state index in [1.165, 1.54) is 0 Å². The molecule has 0 radical (unpaired) electrons. The van der Waals surface area contributed by atoms with Gasteiger partial charge in [0.2, 0.25) is 0 Å². The minimum atomic E-state index is 0.0476. The second-order valence-corrected chi connectivity index (χ2v) is 5.12. The molecule has 0 atom stereocenters. The molecule has 0 aliphatic rings. The maximum absolute atomic E-state index is 12.0. The summed E-state index contributed by atoms with van der Waals surface area (Å²) in [5.41, 5.74) is 7.39. The lowest BCUT2D eigenvalue weighted by Gasteiger charge is -2.02. The molecule has 0 aliphatic carbocycles. The fourth-order valence-electron chi connectivity index (χ4n) is 1.81. The quantitative estimate of drug-likeness (QED) is 0.885. The van der Waals surface area contributed by atoms with E-state index in [1.807, 2.05) is 24.3 Å². The highest BCUT2D eigenvalue weighted by Gasteiger charge is 2.05. The fraction of sp³-hybridized carbons (Fsp3) is 0.308. The lowest BCUT2D eigenvalue weighted by molar-refractivity contribution is 0.661. The summed E-state index contributed by atoms with van der Waals surface area (Å²) in [6.45, 7) is 1.17. The van der Waals surface area contributed by atoms with Crippen LogP contribution in [0.3, 0.4) is 0 Å². The average Bonchev–Trinajstić information content (AvgIpc) is 2.71. The van der Waals surface area contributed by atoms with E-state index in [9.17, 15) is 4.79 Å². The second-order valence-electron chi connectivity index (χ2n) is 4.21. The first-order valence-electron chi connectivity index (χ1n) is 5.92. The molecule has 1 heterocycles. The minimum Gasteiger partial charge on any atom is -0.330 e. The highest BCUT2D eigenvalue weighted by molar-refractivity contribution is 9.10. The molecule has 0 aliphatic heterocycles. The Labute approximate surface area is 114 Å². The third-order valence-corrected chi connectivity index (χ3v) is 3.35. The molecular formula is C13H16BrN3O. The molecule has 0 bridgehead atoms. The summed E-state index contributed by atoms with van der Waals surface area (Å²) in [6.07, 6.45) is 3.35. The Bertz CT molecular complexity index is 556. The number of H-pyrrole nitrogens is 1. The van der Waals surface area contributed by atoms with Crippen LogP contribution in [0.25, 0.3) is 0 Å². The molecule has 0 saturated carbocycles. The molecule has 2 aromatic rings. The average molecular weight is 310 g/mol. The zero-order valence-electron chi connectivity index (χ0n) is 10.0. The van der Waals surface area contributed by atoms with Gasteiger partial charge in [-0.05, 0) is 37.1 Å². The molecule has 0 saturated heterocycles. The Kier molecular flexibility index (Phi) is 4.38. The van der Waals surface area contributed by atoms with Crippen LogP contribution in [0, 0.1) is 0 Å². The first-order valence-corrected chi connectivity index (χ1v) is 6.71. The maximum Gasteiger partial charge on any atom is 0.269 e. The Morgan fingerprint density at radius 2 is 2.00 bits per heavy atom. The summed E-state index contributed by atoms with van der Waals surface area (Å²) < 4.78 is 2.66. The van der Waals surface area contributed by atoms with Gasteiger partial charge in [-0.2, -0.15) is 0 Å². The predicted octanol–water partition coefficient (Wildman–Crippen LogP) is 1.88. The summed E-state index contributed by atoms with van der Waals surface area (Å²) in [4.78, 5) is 12.0. The molecule has 0 amide bonds. The van der Waals surface area contributed by atoms with Gasteiger partial charge in [-0.15, -0.1) is 0 Å². The monoisotopic (exact) mass is 309 g/mol. The first-order chi connectivity index (χ1) is 8.70. The van der Waals surface area contributed by atoms with Crippen molar-refractivity contribution in [1.82, 2.24) is 9.78 Å². The van der Waals surface area contributed by atoms with Crippen LogP contribution < -0.4 is 11.3 Å². The molecule has 0 fully saturated rings. The van der Waals surface area contributed by atoms with E-state index >= 15 is 0 Å². The Hall–Kier alpha value is -1.33. The molecule has 18 heavy (non-hydrogen) atoms. The third-order valence-electron chi connectivity index (χ3n) is 2.82. The summed E-state index contributed by atoms with van der Waals surface area (Å²) in [6, 6.07) is 7.94. The van der Waals surface area contributed by atoms with Crippen molar-refractivity contribution in [3.05, 3.63) is 56.4 Å². The first kappa shape index (κ1) is 13.1. The zero-order chi connectivity index (χ0) is 13.0. The van der Waals surface area contributed by atoms with Crippen LogP contribution in [0.4, 0.5) is 0 Å². The van der Waals surface area contributed by atoms with Gasteiger partial charge in [0.25, 0.3) is 5.56 Å². The third kappa shape index (κ3) is 3.11. The summed E-state index contributed by atoms with van der Waals surface area (Å²) in [5.74, 6) is 0. The van der Waals surface area contributed by atoms with Gasteiger partial charge in [-0.3, -0.25) is 4.79 Å². The normalized spacial score (nSPS) is 10.8. The number of nitrogens with two attached hydrogens (primary N) is 1. The number of nitrogens with one attached hydrogen (secondary N) is 1. The van der Waals surface area contributed by atoms with Crippen molar-refractivity contribution in [3.63, 3.8) is 0 Å². The van der Waals surface area contributed by atoms with E-state index in [-0.39, 0.29) is 5.56 Å². The predicted molar refractivity (Wildman–Crippen MR) is 75.7 cm³/mol. The van der Waals surface area contributed by atoms with Crippen molar-refractivity contribution in [1.29, 1.82) is 0 Å². The molecule has 4 nitrogen and oxygen atoms in total. The highest BCUT2D eigenvalue weighted by Crippen LogP contribution is 2.11. The number of aromatic nitrogens is 2. The van der Waals surface area contributed by atoms with Crippen molar-refractivity contribution in [2.45, 2.75) is 19.4 Å². The molecule has 96 valence electrons. The number of halogens is 1. The zero-order valence-corrected chi connectivity index (χ0v) is 11.6.